The fourth-order valence-electron chi connectivity index (χ4n) is 1.40. The van der Waals surface area contributed by atoms with Gasteiger partial charge in [0.1, 0.15) is 5.75 Å². The number of hydrogen-bond acceptors (Lipinski definition) is 2. The lowest BCUT2D eigenvalue weighted by atomic mass is 10.0. The van der Waals surface area contributed by atoms with Gasteiger partial charge in [0.05, 0.1) is 12.7 Å². The van der Waals surface area contributed by atoms with Crippen molar-refractivity contribution in [3.63, 3.8) is 0 Å². The van der Waals surface area contributed by atoms with E-state index in [1.54, 1.807) is 0 Å². The van der Waals surface area contributed by atoms with E-state index in [1.807, 2.05) is 13.8 Å². The van der Waals surface area contributed by atoms with Crippen LogP contribution in [0.4, 0.5) is 8.78 Å². The molecule has 0 radical (unpaired) electrons. The first-order valence-electron chi connectivity index (χ1n) is 5.02. The van der Waals surface area contributed by atoms with E-state index in [1.165, 1.54) is 7.11 Å². The highest BCUT2D eigenvalue weighted by atomic mass is 19.2. The van der Waals surface area contributed by atoms with Crippen molar-refractivity contribution >= 4 is 5.78 Å². The normalized spacial score (nSPS) is 10.6. The third-order valence-electron chi connectivity index (χ3n) is 2.14. The van der Waals surface area contributed by atoms with Gasteiger partial charge in [-0.15, -0.1) is 0 Å². The maximum Gasteiger partial charge on any atom is 0.166 e. The summed E-state index contributed by atoms with van der Waals surface area (Å²) in [5, 5.41) is 0. The largest absolute Gasteiger partial charge is 0.496 e. The van der Waals surface area contributed by atoms with Crippen molar-refractivity contribution in [1.82, 2.24) is 0 Å². The van der Waals surface area contributed by atoms with Crippen LogP contribution in [0.2, 0.25) is 0 Å². The first kappa shape index (κ1) is 12.6. The van der Waals surface area contributed by atoms with Gasteiger partial charge in [-0.1, -0.05) is 13.8 Å². The van der Waals surface area contributed by atoms with Crippen molar-refractivity contribution in [3.05, 3.63) is 29.3 Å². The molecule has 0 heterocycles. The summed E-state index contributed by atoms with van der Waals surface area (Å²) in [4.78, 5) is 11.7. The number of halogens is 2. The number of hydrogen-bond donors (Lipinski definition) is 0. The molecule has 0 saturated heterocycles. The Morgan fingerprint density at radius 3 is 2.38 bits per heavy atom. The Morgan fingerprint density at radius 2 is 1.88 bits per heavy atom. The van der Waals surface area contributed by atoms with Gasteiger partial charge in [0.25, 0.3) is 0 Å². The van der Waals surface area contributed by atoms with Crippen molar-refractivity contribution in [1.29, 1.82) is 0 Å². The van der Waals surface area contributed by atoms with Crippen LogP contribution in [0.5, 0.6) is 5.75 Å². The number of ether oxygens (including phenoxy) is 1. The highest BCUT2D eigenvalue weighted by molar-refractivity contribution is 5.98. The van der Waals surface area contributed by atoms with Gasteiger partial charge < -0.3 is 4.74 Å². The van der Waals surface area contributed by atoms with E-state index in [9.17, 15) is 13.6 Å². The molecule has 2 nitrogen and oxygen atoms in total. The summed E-state index contributed by atoms with van der Waals surface area (Å²) >= 11 is 0. The van der Waals surface area contributed by atoms with Crippen LogP contribution in [-0.2, 0) is 0 Å². The van der Waals surface area contributed by atoms with Crippen LogP contribution in [0.25, 0.3) is 0 Å². The Bertz CT molecular complexity index is 400. The molecule has 0 aromatic heterocycles. The van der Waals surface area contributed by atoms with Crippen LogP contribution in [-0.4, -0.2) is 12.9 Å². The molecule has 0 bridgehead atoms. The molecule has 0 spiro atoms. The monoisotopic (exact) mass is 228 g/mol. The van der Waals surface area contributed by atoms with Crippen LogP contribution in [0.15, 0.2) is 12.1 Å². The molecular formula is C12H14F2O2. The summed E-state index contributed by atoms with van der Waals surface area (Å²) in [7, 11) is 1.32. The van der Waals surface area contributed by atoms with E-state index in [2.05, 4.69) is 0 Å². The predicted molar refractivity (Wildman–Crippen MR) is 56.7 cm³/mol. The van der Waals surface area contributed by atoms with Gasteiger partial charge in [-0.05, 0) is 12.0 Å². The molecule has 88 valence electrons. The summed E-state index contributed by atoms with van der Waals surface area (Å²) in [6.07, 6.45) is 0.279. The molecule has 16 heavy (non-hydrogen) atoms. The lowest BCUT2D eigenvalue weighted by Gasteiger charge is -2.09. The fraction of sp³-hybridized carbons (Fsp3) is 0.417. The lowest BCUT2D eigenvalue weighted by molar-refractivity contribution is 0.0964. The van der Waals surface area contributed by atoms with E-state index in [0.29, 0.717) is 0 Å². The highest BCUT2D eigenvalue weighted by Crippen LogP contribution is 2.24. The number of rotatable bonds is 4. The van der Waals surface area contributed by atoms with Crippen molar-refractivity contribution in [2.75, 3.05) is 7.11 Å². The van der Waals surface area contributed by atoms with E-state index in [-0.39, 0.29) is 29.4 Å². The van der Waals surface area contributed by atoms with Crippen LogP contribution in [0.3, 0.4) is 0 Å². The van der Waals surface area contributed by atoms with Crippen LogP contribution in [0, 0.1) is 17.6 Å². The standard InChI is InChI=1S/C12H14F2O2/c1-7(2)4-11(15)8-5-9(13)10(14)6-12(8)16-3/h5-7H,4H2,1-3H3. The van der Waals surface area contributed by atoms with Gasteiger partial charge >= 0.3 is 0 Å². The zero-order valence-electron chi connectivity index (χ0n) is 9.51. The summed E-state index contributed by atoms with van der Waals surface area (Å²) in [6.45, 7) is 3.76. The van der Waals surface area contributed by atoms with Crippen molar-refractivity contribution < 1.29 is 18.3 Å². The summed E-state index contributed by atoms with van der Waals surface area (Å²) in [5.74, 6) is -2.06. The zero-order valence-corrected chi connectivity index (χ0v) is 9.51. The second-order valence-corrected chi connectivity index (χ2v) is 3.99. The molecule has 0 amide bonds. The van der Waals surface area contributed by atoms with Gasteiger partial charge in [-0.25, -0.2) is 8.78 Å². The number of Topliss-reactive ketones (excluding diaryl/α,β-unsaturated/α-hetero) is 1. The maximum atomic E-state index is 13.0. The average molecular weight is 228 g/mol. The molecule has 0 atom stereocenters. The van der Waals surface area contributed by atoms with Crippen LogP contribution >= 0.6 is 0 Å². The second kappa shape index (κ2) is 5.05. The van der Waals surface area contributed by atoms with Crippen molar-refractivity contribution in [3.8, 4) is 5.75 Å². The molecule has 0 N–H and O–H groups in total. The maximum absolute atomic E-state index is 13.0. The van der Waals surface area contributed by atoms with Gasteiger partial charge in [0.2, 0.25) is 0 Å². The van der Waals surface area contributed by atoms with E-state index < -0.39 is 11.6 Å². The molecular weight excluding hydrogens is 214 g/mol. The van der Waals surface area contributed by atoms with Crippen LogP contribution in [0.1, 0.15) is 30.6 Å². The SMILES string of the molecule is COc1cc(F)c(F)cc1C(=O)CC(C)C. The number of ketones is 1. The molecule has 1 aromatic carbocycles. The number of carbonyl (C=O) groups is 1. The third-order valence-corrected chi connectivity index (χ3v) is 2.14. The second-order valence-electron chi connectivity index (χ2n) is 3.99. The Morgan fingerprint density at radius 1 is 1.31 bits per heavy atom. The van der Waals surface area contributed by atoms with Gasteiger partial charge in [0, 0.05) is 12.5 Å². The molecule has 0 aliphatic carbocycles. The topological polar surface area (TPSA) is 26.3 Å². The van der Waals surface area contributed by atoms with E-state index >= 15 is 0 Å². The summed E-state index contributed by atoms with van der Waals surface area (Å²) in [5.41, 5.74) is 0.0927. The molecule has 0 aliphatic rings. The zero-order chi connectivity index (χ0) is 12.3. The molecule has 1 aromatic rings. The molecule has 0 saturated carbocycles. The minimum atomic E-state index is -1.03. The minimum absolute atomic E-state index is 0.0737. The Balaban J connectivity index is 3.11. The first-order chi connectivity index (χ1) is 7.45. The Kier molecular flexibility index (Phi) is 3.99. The quantitative estimate of drug-likeness (QED) is 0.740. The Hall–Kier alpha value is -1.45. The summed E-state index contributed by atoms with van der Waals surface area (Å²) in [6, 6.07) is 1.78. The molecule has 0 unspecified atom stereocenters. The number of carbonyl (C=O) groups excluding carboxylic acids is 1. The number of methoxy groups -OCH3 is 1. The van der Waals surface area contributed by atoms with Crippen molar-refractivity contribution in [2.24, 2.45) is 5.92 Å². The molecule has 0 fully saturated rings. The fourth-order valence-corrected chi connectivity index (χ4v) is 1.40. The Labute approximate surface area is 93.2 Å². The predicted octanol–water partition coefficient (Wildman–Crippen LogP) is 3.20. The first-order valence-corrected chi connectivity index (χ1v) is 5.02. The average Bonchev–Trinajstić information content (AvgIpc) is 2.20. The molecule has 1 rings (SSSR count). The number of benzene rings is 1. The smallest absolute Gasteiger partial charge is 0.166 e. The van der Waals surface area contributed by atoms with E-state index in [4.69, 9.17) is 4.74 Å². The highest BCUT2D eigenvalue weighted by Gasteiger charge is 2.17. The van der Waals surface area contributed by atoms with Crippen LogP contribution < -0.4 is 4.74 Å². The molecule has 0 aliphatic heterocycles. The van der Waals surface area contributed by atoms with Gasteiger partial charge in [0.15, 0.2) is 17.4 Å². The lowest BCUT2D eigenvalue weighted by Crippen LogP contribution is -2.07. The summed E-state index contributed by atoms with van der Waals surface area (Å²) < 4.78 is 30.8. The molecule has 4 heteroatoms. The van der Waals surface area contributed by atoms with Gasteiger partial charge in [-0.2, -0.15) is 0 Å². The van der Waals surface area contributed by atoms with E-state index in [0.717, 1.165) is 12.1 Å². The van der Waals surface area contributed by atoms with Crippen molar-refractivity contribution in [2.45, 2.75) is 20.3 Å². The minimum Gasteiger partial charge on any atom is -0.496 e. The third kappa shape index (κ3) is 2.78. The van der Waals surface area contributed by atoms with Gasteiger partial charge in [-0.3, -0.25) is 4.79 Å².